The van der Waals surface area contributed by atoms with E-state index in [-0.39, 0.29) is 23.6 Å². The maximum atomic E-state index is 12.5. The minimum Gasteiger partial charge on any atom is -0.444 e. The fourth-order valence-corrected chi connectivity index (χ4v) is 2.77. The van der Waals surface area contributed by atoms with Crippen molar-refractivity contribution in [1.29, 1.82) is 0 Å². The molecule has 3 atom stereocenters. The second-order valence-electron chi connectivity index (χ2n) is 8.44. The van der Waals surface area contributed by atoms with Crippen LogP contribution in [0, 0.1) is 5.41 Å². The van der Waals surface area contributed by atoms with Gasteiger partial charge in [-0.3, -0.25) is 0 Å². The van der Waals surface area contributed by atoms with Crippen LogP contribution in [0.25, 0.3) is 0 Å². The molecule has 0 aromatic heterocycles. The van der Waals surface area contributed by atoms with Crippen LogP contribution in [0.1, 0.15) is 74.1 Å². The van der Waals surface area contributed by atoms with E-state index >= 15 is 0 Å². The van der Waals surface area contributed by atoms with E-state index in [0.717, 1.165) is 19.3 Å². The van der Waals surface area contributed by atoms with Gasteiger partial charge in [0.15, 0.2) is 0 Å². The van der Waals surface area contributed by atoms with Crippen LogP contribution in [0.3, 0.4) is 0 Å². The lowest BCUT2D eigenvalue weighted by molar-refractivity contribution is -0.0230. The highest BCUT2D eigenvalue weighted by atomic mass is 16.6. The number of nitrogens with zero attached hydrogens (tertiary/aromatic N) is 1. The number of rotatable bonds is 2. The molecule has 1 fully saturated rings. The van der Waals surface area contributed by atoms with Crippen molar-refractivity contribution in [1.82, 2.24) is 4.90 Å². The molecule has 1 saturated heterocycles. The molecule has 0 bridgehead atoms. The lowest BCUT2D eigenvalue weighted by Gasteiger charge is -2.43. The molecule has 1 heterocycles. The van der Waals surface area contributed by atoms with E-state index in [9.17, 15) is 9.90 Å². The first-order chi connectivity index (χ1) is 9.42. The van der Waals surface area contributed by atoms with Gasteiger partial charge in [-0.25, -0.2) is 4.79 Å². The molecule has 1 amide bonds. The Bertz CT molecular complexity index is 354. The third-order valence-corrected chi connectivity index (χ3v) is 4.13. The first kappa shape index (κ1) is 18.3. The fraction of sp³-hybridized carbons (Fsp3) is 0.941. The number of piperidine rings is 1. The normalized spacial score (nSPS) is 25.6. The average Bonchev–Trinajstić information content (AvgIpc) is 2.24. The lowest BCUT2D eigenvalue weighted by atomic mass is 9.82. The Hall–Kier alpha value is -0.770. The quantitative estimate of drug-likeness (QED) is 0.839. The van der Waals surface area contributed by atoms with E-state index in [4.69, 9.17) is 4.74 Å². The zero-order chi connectivity index (χ0) is 16.4. The Morgan fingerprint density at radius 1 is 1.24 bits per heavy atom. The topological polar surface area (TPSA) is 49.8 Å². The molecule has 1 aliphatic heterocycles. The molecule has 0 radical (unpaired) electrons. The first-order valence-corrected chi connectivity index (χ1v) is 8.11. The van der Waals surface area contributed by atoms with Crippen molar-refractivity contribution < 1.29 is 14.6 Å². The summed E-state index contributed by atoms with van der Waals surface area (Å²) in [5.74, 6) is 0. The van der Waals surface area contributed by atoms with Crippen molar-refractivity contribution in [2.75, 3.05) is 0 Å². The van der Waals surface area contributed by atoms with Crippen molar-refractivity contribution >= 4 is 6.09 Å². The molecule has 1 N–H and O–H groups in total. The van der Waals surface area contributed by atoms with E-state index in [1.807, 2.05) is 46.4 Å². The second-order valence-corrected chi connectivity index (χ2v) is 8.44. The van der Waals surface area contributed by atoms with E-state index in [1.54, 1.807) is 0 Å². The average molecular weight is 299 g/mol. The second kappa shape index (κ2) is 6.55. The van der Waals surface area contributed by atoms with Gasteiger partial charge in [0, 0.05) is 12.1 Å². The van der Waals surface area contributed by atoms with Crippen LogP contribution >= 0.6 is 0 Å². The van der Waals surface area contributed by atoms with Gasteiger partial charge in [-0.1, -0.05) is 20.8 Å². The molecule has 124 valence electrons. The molecule has 0 aromatic carbocycles. The summed E-state index contributed by atoms with van der Waals surface area (Å²) >= 11 is 0. The maximum absolute atomic E-state index is 12.5. The van der Waals surface area contributed by atoms with Crippen LogP contribution in [0.4, 0.5) is 4.79 Å². The van der Waals surface area contributed by atoms with Crippen molar-refractivity contribution in [3.05, 3.63) is 0 Å². The van der Waals surface area contributed by atoms with Gasteiger partial charge in [-0.05, 0) is 58.8 Å². The highest BCUT2D eigenvalue weighted by molar-refractivity contribution is 5.69. The summed E-state index contributed by atoms with van der Waals surface area (Å²) in [5.41, 5.74) is -0.651. The van der Waals surface area contributed by atoms with Crippen LogP contribution in [-0.2, 0) is 4.74 Å². The molecule has 1 rings (SSSR count). The van der Waals surface area contributed by atoms with Crippen LogP contribution in [0.15, 0.2) is 0 Å². The number of ether oxygens (including phenoxy) is 1. The summed E-state index contributed by atoms with van der Waals surface area (Å²) in [5, 5.41) is 10.4. The molecule has 0 aromatic rings. The number of hydrogen-bond donors (Lipinski definition) is 1. The number of carbonyl (C=O) groups is 1. The number of aliphatic hydroxyl groups excluding tert-OH is 1. The summed E-state index contributed by atoms with van der Waals surface area (Å²) in [7, 11) is 0. The summed E-state index contributed by atoms with van der Waals surface area (Å²) in [4.78, 5) is 14.3. The van der Waals surface area contributed by atoms with Crippen molar-refractivity contribution in [2.24, 2.45) is 5.41 Å². The molecule has 3 unspecified atom stereocenters. The van der Waals surface area contributed by atoms with Crippen LogP contribution in [-0.4, -0.2) is 39.9 Å². The van der Waals surface area contributed by atoms with E-state index in [2.05, 4.69) is 6.92 Å². The van der Waals surface area contributed by atoms with Gasteiger partial charge < -0.3 is 14.7 Å². The molecular weight excluding hydrogens is 266 g/mol. The Labute approximate surface area is 129 Å². The van der Waals surface area contributed by atoms with Crippen molar-refractivity contribution in [3.8, 4) is 0 Å². The number of likely N-dealkylation sites (tertiary alicyclic amines) is 1. The summed E-state index contributed by atoms with van der Waals surface area (Å²) in [6.07, 6.45) is 2.99. The van der Waals surface area contributed by atoms with Gasteiger partial charge in [0.1, 0.15) is 5.60 Å². The Morgan fingerprint density at radius 3 is 2.29 bits per heavy atom. The van der Waals surface area contributed by atoms with E-state index in [1.165, 1.54) is 0 Å². The highest BCUT2D eigenvalue weighted by Gasteiger charge is 2.37. The van der Waals surface area contributed by atoms with Gasteiger partial charge in [0.2, 0.25) is 0 Å². The molecule has 21 heavy (non-hydrogen) atoms. The van der Waals surface area contributed by atoms with Gasteiger partial charge in [-0.2, -0.15) is 0 Å². The largest absolute Gasteiger partial charge is 0.444 e. The summed E-state index contributed by atoms with van der Waals surface area (Å²) in [6.45, 7) is 13.8. The number of carbonyl (C=O) groups excluding carboxylic acids is 1. The van der Waals surface area contributed by atoms with E-state index in [0.29, 0.717) is 6.42 Å². The fourth-order valence-electron chi connectivity index (χ4n) is 2.77. The molecule has 0 spiro atoms. The Kier molecular flexibility index (Phi) is 5.70. The third-order valence-electron chi connectivity index (χ3n) is 4.13. The molecule has 0 aliphatic carbocycles. The summed E-state index contributed by atoms with van der Waals surface area (Å²) < 4.78 is 5.55. The smallest absolute Gasteiger partial charge is 0.410 e. The minimum atomic E-state index is -0.485. The van der Waals surface area contributed by atoms with Gasteiger partial charge in [0.05, 0.1) is 6.10 Å². The van der Waals surface area contributed by atoms with Gasteiger partial charge >= 0.3 is 6.09 Å². The van der Waals surface area contributed by atoms with Gasteiger partial charge in [-0.15, -0.1) is 0 Å². The Morgan fingerprint density at radius 2 is 1.81 bits per heavy atom. The molecule has 0 saturated carbocycles. The molecule has 4 nitrogen and oxygen atoms in total. The Balaban J connectivity index is 2.82. The van der Waals surface area contributed by atoms with Crippen LogP contribution in [0.2, 0.25) is 0 Å². The standard InChI is InChI=1S/C17H33NO3/c1-12-9-8-10-13(11-14(19)16(2,3)4)18(12)15(20)21-17(5,6)7/h12-14,19H,8-11H2,1-7H3. The molecule has 4 heteroatoms. The number of amides is 1. The molecule has 1 aliphatic rings. The van der Waals surface area contributed by atoms with Crippen LogP contribution < -0.4 is 0 Å². The van der Waals surface area contributed by atoms with Crippen LogP contribution in [0.5, 0.6) is 0 Å². The van der Waals surface area contributed by atoms with Gasteiger partial charge in [0.25, 0.3) is 0 Å². The monoisotopic (exact) mass is 299 g/mol. The summed E-state index contributed by atoms with van der Waals surface area (Å²) in [6, 6.07) is 0.239. The lowest BCUT2D eigenvalue weighted by Crippen LogP contribution is -2.52. The zero-order valence-electron chi connectivity index (χ0n) is 14.8. The third kappa shape index (κ3) is 5.50. The van der Waals surface area contributed by atoms with Crippen molar-refractivity contribution in [3.63, 3.8) is 0 Å². The zero-order valence-corrected chi connectivity index (χ0v) is 14.8. The highest BCUT2D eigenvalue weighted by Crippen LogP contribution is 2.31. The predicted molar refractivity (Wildman–Crippen MR) is 85.3 cm³/mol. The van der Waals surface area contributed by atoms with Crippen molar-refractivity contribution in [2.45, 2.75) is 97.9 Å². The SMILES string of the molecule is CC1CCCC(CC(O)C(C)(C)C)N1C(=O)OC(C)(C)C. The predicted octanol–water partition coefficient (Wildman–Crippen LogP) is 3.96. The minimum absolute atomic E-state index is 0.0674. The van der Waals surface area contributed by atoms with E-state index < -0.39 is 11.7 Å². The molecular formula is C17H33NO3. The maximum Gasteiger partial charge on any atom is 0.410 e. The first-order valence-electron chi connectivity index (χ1n) is 8.11. The number of aliphatic hydroxyl groups is 1. The number of hydrogen-bond acceptors (Lipinski definition) is 3.